The molecule has 0 fully saturated rings. The minimum Gasteiger partial charge on any atom is -0.355 e. The van der Waals surface area contributed by atoms with Crippen molar-refractivity contribution in [2.75, 3.05) is 6.54 Å². The number of hydrogen-bond donors (Lipinski definition) is 1. The van der Waals surface area contributed by atoms with Crippen LogP contribution in [0, 0.1) is 5.82 Å². The SMILES string of the molecule is O=C(Cc1ccc(Cl)c(Cl)c1)NCCc1cccc(F)c1. The van der Waals surface area contributed by atoms with Gasteiger partial charge in [0.25, 0.3) is 0 Å². The second-order valence-electron chi connectivity index (χ2n) is 4.66. The number of nitrogens with one attached hydrogen (secondary N) is 1. The highest BCUT2D eigenvalue weighted by Gasteiger charge is 2.05. The third kappa shape index (κ3) is 5.03. The second-order valence-corrected chi connectivity index (χ2v) is 5.47. The van der Waals surface area contributed by atoms with Crippen LogP contribution >= 0.6 is 23.2 Å². The Morgan fingerprint density at radius 3 is 2.57 bits per heavy atom. The Morgan fingerprint density at radius 1 is 1.05 bits per heavy atom. The van der Waals surface area contributed by atoms with Crippen molar-refractivity contribution in [2.24, 2.45) is 0 Å². The molecular weight excluding hydrogens is 312 g/mol. The van der Waals surface area contributed by atoms with E-state index < -0.39 is 0 Å². The van der Waals surface area contributed by atoms with Crippen LogP contribution in [-0.2, 0) is 17.6 Å². The van der Waals surface area contributed by atoms with E-state index >= 15 is 0 Å². The Morgan fingerprint density at radius 2 is 1.86 bits per heavy atom. The van der Waals surface area contributed by atoms with Gasteiger partial charge in [0.05, 0.1) is 16.5 Å². The van der Waals surface area contributed by atoms with Crippen molar-refractivity contribution >= 4 is 29.1 Å². The maximum absolute atomic E-state index is 13.0. The number of hydrogen-bond acceptors (Lipinski definition) is 1. The van der Waals surface area contributed by atoms with Gasteiger partial charge < -0.3 is 5.32 Å². The first kappa shape index (κ1) is 15.8. The van der Waals surface area contributed by atoms with Crippen molar-refractivity contribution in [3.63, 3.8) is 0 Å². The molecule has 0 saturated carbocycles. The monoisotopic (exact) mass is 325 g/mol. The van der Waals surface area contributed by atoms with E-state index in [2.05, 4.69) is 5.32 Å². The van der Waals surface area contributed by atoms with Crippen LogP contribution in [-0.4, -0.2) is 12.5 Å². The molecule has 0 heterocycles. The Labute approximate surface area is 132 Å². The summed E-state index contributed by atoms with van der Waals surface area (Å²) in [5, 5.41) is 3.69. The summed E-state index contributed by atoms with van der Waals surface area (Å²) in [6, 6.07) is 11.4. The van der Waals surface area contributed by atoms with Gasteiger partial charge in [0.15, 0.2) is 0 Å². The molecular formula is C16H14Cl2FNO. The number of amides is 1. The molecule has 1 amide bonds. The van der Waals surface area contributed by atoms with Crippen LogP contribution in [0.15, 0.2) is 42.5 Å². The molecule has 0 aliphatic rings. The third-order valence-corrected chi connectivity index (χ3v) is 3.71. The maximum atomic E-state index is 13.0. The van der Waals surface area contributed by atoms with E-state index in [-0.39, 0.29) is 18.1 Å². The number of halogens is 3. The zero-order valence-electron chi connectivity index (χ0n) is 11.2. The first-order valence-corrected chi connectivity index (χ1v) is 7.25. The molecule has 0 unspecified atom stereocenters. The highest BCUT2D eigenvalue weighted by atomic mass is 35.5. The van der Waals surface area contributed by atoms with Crippen LogP contribution in [0.1, 0.15) is 11.1 Å². The van der Waals surface area contributed by atoms with Gasteiger partial charge in [-0.05, 0) is 41.8 Å². The van der Waals surface area contributed by atoms with E-state index in [0.717, 1.165) is 11.1 Å². The molecule has 0 aliphatic carbocycles. The molecule has 0 spiro atoms. The molecule has 0 atom stereocenters. The van der Waals surface area contributed by atoms with Gasteiger partial charge in [0.2, 0.25) is 5.91 Å². The molecule has 2 rings (SSSR count). The fourth-order valence-electron chi connectivity index (χ4n) is 1.94. The molecule has 2 aromatic carbocycles. The first-order valence-electron chi connectivity index (χ1n) is 6.49. The third-order valence-electron chi connectivity index (χ3n) is 2.97. The van der Waals surface area contributed by atoms with E-state index in [1.807, 2.05) is 6.07 Å². The minimum absolute atomic E-state index is 0.107. The van der Waals surface area contributed by atoms with Crippen LogP contribution in [0.5, 0.6) is 0 Å². The predicted octanol–water partition coefficient (Wildman–Crippen LogP) is 4.03. The molecule has 0 aromatic heterocycles. The van der Waals surface area contributed by atoms with Gasteiger partial charge in [-0.1, -0.05) is 41.4 Å². The Hall–Kier alpha value is -1.58. The lowest BCUT2D eigenvalue weighted by Gasteiger charge is -2.06. The largest absolute Gasteiger partial charge is 0.355 e. The van der Waals surface area contributed by atoms with Crippen LogP contribution < -0.4 is 5.32 Å². The van der Waals surface area contributed by atoms with E-state index in [1.165, 1.54) is 12.1 Å². The van der Waals surface area contributed by atoms with Gasteiger partial charge >= 0.3 is 0 Å². The van der Waals surface area contributed by atoms with Gasteiger partial charge in [0.1, 0.15) is 5.82 Å². The minimum atomic E-state index is -0.269. The summed E-state index contributed by atoms with van der Waals surface area (Å²) in [6.07, 6.45) is 0.824. The van der Waals surface area contributed by atoms with E-state index in [1.54, 1.807) is 24.3 Å². The van der Waals surface area contributed by atoms with Crippen LogP contribution in [0.4, 0.5) is 4.39 Å². The number of benzene rings is 2. The normalized spacial score (nSPS) is 10.4. The highest BCUT2D eigenvalue weighted by molar-refractivity contribution is 6.42. The summed E-state index contributed by atoms with van der Waals surface area (Å²) in [6.45, 7) is 0.462. The van der Waals surface area contributed by atoms with Crippen molar-refractivity contribution in [2.45, 2.75) is 12.8 Å². The average Bonchev–Trinajstić information content (AvgIpc) is 2.43. The van der Waals surface area contributed by atoms with E-state index in [0.29, 0.717) is 23.0 Å². The second kappa shape index (κ2) is 7.43. The van der Waals surface area contributed by atoms with Gasteiger partial charge in [-0.3, -0.25) is 4.79 Å². The molecule has 0 saturated heterocycles. The zero-order valence-corrected chi connectivity index (χ0v) is 12.7. The maximum Gasteiger partial charge on any atom is 0.224 e. The number of carbonyl (C=O) groups is 1. The fourth-order valence-corrected chi connectivity index (χ4v) is 2.26. The zero-order chi connectivity index (χ0) is 15.2. The standard InChI is InChI=1S/C16H14Cl2FNO/c17-14-5-4-12(9-15(14)18)10-16(21)20-7-6-11-2-1-3-13(19)8-11/h1-5,8-9H,6-7,10H2,(H,20,21). The summed E-state index contributed by atoms with van der Waals surface area (Å²) in [5.74, 6) is -0.376. The van der Waals surface area contributed by atoms with Crippen LogP contribution in [0.2, 0.25) is 10.0 Å². The summed E-state index contributed by atoms with van der Waals surface area (Å²) >= 11 is 11.7. The van der Waals surface area contributed by atoms with Gasteiger partial charge in [-0.25, -0.2) is 4.39 Å². The first-order chi connectivity index (χ1) is 10.0. The molecule has 0 radical (unpaired) electrons. The summed E-state index contributed by atoms with van der Waals surface area (Å²) < 4.78 is 13.0. The Bertz CT molecular complexity index is 646. The van der Waals surface area contributed by atoms with Crippen LogP contribution in [0.3, 0.4) is 0 Å². The quantitative estimate of drug-likeness (QED) is 0.883. The number of carbonyl (C=O) groups excluding carboxylic acids is 1. The lowest BCUT2D eigenvalue weighted by molar-refractivity contribution is -0.120. The summed E-state index contributed by atoms with van der Waals surface area (Å²) in [5.41, 5.74) is 1.65. The Kier molecular flexibility index (Phi) is 5.59. The number of rotatable bonds is 5. The van der Waals surface area contributed by atoms with Gasteiger partial charge in [0, 0.05) is 6.54 Å². The predicted molar refractivity (Wildman–Crippen MR) is 83.3 cm³/mol. The van der Waals surface area contributed by atoms with Crippen molar-refractivity contribution in [1.82, 2.24) is 5.32 Å². The average molecular weight is 326 g/mol. The lowest BCUT2D eigenvalue weighted by Crippen LogP contribution is -2.27. The molecule has 5 heteroatoms. The van der Waals surface area contributed by atoms with Gasteiger partial charge in [-0.2, -0.15) is 0 Å². The van der Waals surface area contributed by atoms with Crippen molar-refractivity contribution in [3.05, 3.63) is 69.5 Å². The van der Waals surface area contributed by atoms with Crippen molar-refractivity contribution in [1.29, 1.82) is 0 Å². The smallest absolute Gasteiger partial charge is 0.224 e. The molecule has 2 aromatic rings. The molecule has 2 nitrogen and oxygen atoms in total. The highest BCUT2D eigenvalue weighted by Crippen LogP contribution is 2.22. The van der Waals surface area contributed by atoms with Crippen molar-refractivity contribution < 1.29 is 9.18 Å². The molecule has 0 bridgehead atoms. The Balaban J connectivity index is 1.81. The molecule has 110 valence electrons. The molecule has 0 aliphatic heterocycles. The summed E-state index contributed by atoms with van der Waals surface area (Å²) in [7, 11) is 0. The molecule has 21 heavy (non-hydrogen) atoms. The molecule has 1 N–H and O–H groups in total. The van der Waals surface area contributed by atoms with Crippen molar-refractivity contribution in [3.8, 4) is 0 Å². The van der Waals surface area contributed by atoms with Gasteiger partial charge in [-0.15, -0.1) is 0 Å². The van der Waals surface area contributed by atoms with Crippen LogP contribution in [0.25, 0.3) is 0 Å². The summed E-state index contributed by atoms with van der Waals surface area (Å²) in [4.78, 5) is 11.8. The van der Waals surface area contributed by atoms with E-state index in [9.17, 15) is 9.18 Å². The lowest BCUT2D eigenvalue weighted by atomic mass is 10.1. The fraction of sp³-hybridized carbons (Fsp3) is 0.188. The van der Waals surface area contributed by atoms with E-state index in [4.69, 9.17) is 23.2 Å². The topological polar surface area (TPSA) is 29.1 Å².